The number of amides is 1. The van der Waals surface area contributed by atoms with Crippen LogP contribution in [0.5, 0.6) is 5.75 Å². The van der Waals surface area contributed by atoms with Gasteiger partial charge in [-0.2, -0.15) is 13.2 Å². The van der Waals surface area contributed by atoms with Crippen LogP contribution in [0.3, 0.4) is 0 Å². The number of halogens is 3. The van der Waals surface area contributed by atoms with E-state index < -0.39 is 17.6 Å². The maximum absolute atomic E-state index is 13.1. The van der Waals surface area contributed by atoms with Gasteiger partial charge in [-0.15, -0.1) is 0 Å². The lowest BCUT2D eigenvalue weighted by atomic mass is 10.0. The molecule has 2 heterocycles. The van der Waals surface area contributed by atoms with E-state index in [9.17, 15) is 18.0 Å². The lowest BCUT2D eigenvalue weighted by Crippen LogP contribution is -2.09. The molecule has 3 aromatic carbocycles. The van der Waals surface area contributed by atoms with Gasteiger partial charge in [-0.3, -0.25) is 4.79 Å². The summed E-state index contributed by atoms with van der Waals surface area (Å²) in [6.07, 6.45) is -0.780. The van der Waals surface area contributed by atoms with Crippen molar-refractivity contribution in [2.45, 2.75) is 39.4 Å². The molecule has 0 saturated carbocycles. The third kappa shape index (κ3) is 4.86. The maximum Gasteiger partial charge on any atom is 0.416 e. The third-order valence-electron chi connectivity index (χ3n) is 6.63. The van der Waals surface area contributed by atoms with Crippen LogP contribution in [0.4, 0.5) is 18.9 Å². The molecule has 7 heteroatoms. The Morgan fingerprint density at radius 1 is 1.05 bits per heavy atom. The number of carbonyl (C=O) groups is 1. The Hall–Kier alpha value is -4.00. The molecule has 0 saturated heterocycles. The molecule has 4 nitrogen and oxygen atoms in total. The Morgan fingerprint density at radius 3 is 2.59 bits per heavy atom. The number of ether oxygens (including phenoxy) is 1. The first kappa shape index (κ1) is 24.7. The summed E-state index contributed by atoms with van der Waals surface area (Å²) >= 11 is 0. The van der Waals surface area contributed by atoms with Crippen LogP contribution in [0.25, 0.3) is 22.6 Å². The molecule has 0 radical (unpaired) electrons. The number of carbonyl (C=O) groups excluding carboxylic acids is 1. The number of aryl methyl sites for hydroxylation is 1. The third-order valence-corrected chi connectivity index (χ3v) is 6.63. The van der Waals surface area contributed by atoms with Crippen LogP contribution in [-0.4, -0.2) is 17.1 Å². The van der Waals surface area contributed by atoms with Gasteiger partial charge in [0.1, 0.15) is 12.4 Å². The molecular weight excluding hydrogens is 477 g/mol. The number of aromatic nitrogens is 1. The zero-order valence-electron chi connectivity index (χ0n) is 20.8. The molecule has 1 aliphatic heterocycles. The molecular formula is C30H27F3N2O2. The summed E-state index contributed by atoms with van der Waals surface area (Å²) in [5.41, 5.74) is 4.26. The van der Waals surface area contributed by atoms with Crippen molar-refractivity contribution in [2.24, 2.45) is 0 Å². The summed E-state index contributed by atoms with van der Waals surface area (Å²) < 4.78 is 47.6. The normalized spacial score (nSPS) is 14.5. The van der Waals surface area contributed by atoms with E-state index in [0.717, 1.165) is 45.5 Å². The molecule has 1 N–H and O–H groups in total. The number of fused-ring (bicyclic) bond motifs is 2. The van der Waals surface area contributed by atoms with E-state index in [1.54, 1.807) is 6.08 Å². The topological polar surface area (TPSA) is 43.3 Å². The minimum atomic E-state index is -4.48. The number of nitrogens with one attached hydrogen (secondary N) is 1. The van der Waals surface area contributed by atoms with Gasteiger partial charge in [0.25, 0.3) is 5.91 Å². The monoisotopic (exact) mass is 504 g/mol. The van der Waals surface area contributed by atoms with Gasteiger partial charge in [0.05, 0.1) is 12.1 Å². The minimum absolute atomic E-state index is 0.169. The fourth-order valence-corrected chi connectivity index (χ4v) is 4.74. The highest BCUT2D eigenvalue weighted by Gasteiger charge is 2.33. The summed E-state index contributed by atoms with van der Waals surface area (Å²) in [5, 5.41) is 3.52. The number of rotatable bonds is 6. The zero-order valence-corrected chi connectivity index (χ0v) is 20.8. The smallest absolute Gasteiger partial charge is 0.416 e. The van der Waals surface area contributed by atoms with E-state index in [-0.39, 0.29) is 5.69 Å². The second-order valence-electron chi connectivity index (χ2n) is 9.61. The molecule has 1 aromatic heterocycles. The van der Waals surface area contributed by atoms with Crippen molar-refractivity contribution < 1.29 is 22.7 Å². The molecule has 1 amide bonds. The molecule has 4 aromatic rings. The van der Waals surface area contributed by atoms with Gasteiger partial charge in [0, 0.05) is 39.5 Å². The Labute approximate surface area is 213 Å². The largest absolute Gasteiger partial charge is 0.491 e. The first-order chi connectivity index (χ1) is 17.6. The average Bonchev–Trinajstić information content (AvgIpc) is 3.35. The quantitative estimate of drug-likeness (QED) is 0.274. The van der Waals surface area contributed by atoms with E-state index in [1.165, 1.54) is 6.07 Å². The van der Waals surface area contributed by atoms with Crippen LogP contribution < -0.4 is 10.1 Å². The fourth-order valence-electron chi connectivity index (χ4n) is 4.74. The number of anilines is 1. The van der Waals surface area contributed by atoms with Crippen molar-refractivity contribution in [3.63, 3.8) is 0 Å². The van der Waals surface area contributed by atoms with Crippen molar-refractivity contribution in [1.29, 1.82) is 0 Å². The molecule has 0 aliphatic carbocycles. The highest BCUT2D eigenvalue weighted by molar-refractivity contribution is 6.35. The van der Waals surface area contributed by atoms with Crippen molar-refractivity contribution in [3.05, 3.63) is 94.7 Å². The molecule has 1 aliphatic rings. The molecule has 0 unspecified atom stereocenters. The first-order valence-electron chi connectivity index (χ1n) is 12.2. The van der Waals surface area contributed by atoms with E-state index in [2.05, 4.69) is 41.9 Å². The van der Waals surface area contributed by atoms with Gasteiger partial charge < -0.3 is 14.6 Å². The Balaban J connectivity index is 1.44. The van der Waals surface area contributed by atoms with E-state index in [1.807, 2.05) is 37.4 Å². The Kier molecular flexibility index (Phi) is 6.31. The number of benzene rings is 3. The van der Waals surface area contributed by atoms with E-state index >= 15 is 0 Å². The predicted molar refractivity (Wildman–Crippen MR) is 141 cm³/mol. The van der Waals surface area contributed by atoms with Gasteiger partial charge in [0.15, 0.2) is 0 Å². The van der Waals surface area contributed by atoms with Crippen molar-refractivity contribution in [1.82, 2.24) is 4.57 Å². The van der Waals surface area contributed by atoms with Gasteiger partial charge in [0.2, 0.25) is 0 Å². The van der Waals surface area contributed by atoms with Crippen LogP contribution in [0.2, 0.25) is 0 Å². The summed E-state index contributed by atoms with van der Waals surface area (Å²) in [6, 6.07) is 17.4. The first-order valence-corrected chi connectivity index (χ1v) is 12.2. The fraction of sp³-hybridized carbons (Fsp3) is 0.233. The molecule has 0 atom stereocenters. The number of nitrogens with zero attached hydrogens (tertiary/aromatic N) is 1. The molecule has 0 bridgehead atoms. The van der Waals surface area contributed by atoms with E-state index in [4.69, 9.17) is 4.74 Å². The lowest BCUT2D eigenvalue weighted by molar-refractivity contribution is -0.137. The summed E-state index contributed by atoms with van der Waals surface area (Å²) in [7, 11) is 0. The van der Waals surface area contributed by atoms with Crippen LogP contribution in [0.1, 0.15) is 47.6 Å². The molecule has 0 fully saturated rings. The number of alkyl halides is 3. The Bertz CT molecular complexity index is 1530. The highest BCUT2D eigenvalue weighted by Crippen LogP contribution is 2.39. The van der Waals surface area contributed by atoms with Gasteiger partial charge in [-0.1, -0.05) is 50.2 Å². The second kappa shape index (κ2) is 9.47. The van der Waals surface area contributed by atoms with Crippen LogP contribution in [0, 0.1) is 6.92 Å². The van der Waals surface area contributed by atoms with Crippen molar-refractivity contribution >= 4 is 34.1 Å². The highest BCUT2D eigenvalue weighted by atomic mass is 19.4. The van der Waals surface area contributed by atoms with Crippen LogP contribution >= 0.6 is 0 Å². The van der Waals surface area contributed by atoms with Gasteiger partial charge in [-0.05, 0) is 54.3 Å². The van der Waals surface area contributed by atoms with Crippen LogP contribution in [0.15, 0.2) is 66.9 Å². The van der Waals surface area contributed by atoms with Gasteiger partial charge in [-0.25, -0.2) is 0 Å². The second-order valence-corrected chi connectivity index (χ2v) is 9.61. The summed E-state index contributed by atoms with van der Waals surface area (Å²) in [6.45, 7) is 7.36. The molecule has 190 valence electrons. The molecule has 37 heavy (non-hydrogen) atoms. The molecule has 5 rings (SSSR count). The number of hydrogen-bond donors (Lipinski definition) is 1. The summed E-state index contributed by atoms with van der Waals surface area (Å²) in [5.74, 6) is 0.801. The molecule has 0 spiro atoms. The summed E-state index contributed by atoms with van der Waals surface area (Å²) in [4.78, 5) is 12.7. The van der Waals surface area contributed by atoms with E-state index in [0.29, 0.717) is 30.2 Å². The van der Waals surface area contributed by atoms with Gasteiger partial charge >= 0.3 is 6.18 Å². The Morgan fingerprint density at radius 2 is 1.84 bits per heavy atom. The zero-order chi connectivity index (χ0) is 26.3. The predicted octanol–water partition coefficient (Wildman–Crippen LogP) is 7.66. The van der Waals surface area contributed by atoms with Crippen molar-refractivity contribution in [2.75, 3.05) is 11.9 Å². The lowest BCUT2D eigenvalue weighted by Gasteiger charge is -2.15. The average molecular weight is 505 g/mol. The maximum atomic E-state index is 13.1. The van der Waals surface area contributed by atoms with Crippen molar-refractivity contribution in [3.8, 4) is 5.75 Å². The number of hydrogen-bond acceptors (Lipinski definition) is 2. The standard InChI is InChI=1S/C30H27F3N2O2/c1-18(2)22-10-8-19(3)14-28(22)37-13-12-35-17-20(23-6-4-5-7-27(23)35)15-25-24-11-9-21(30(31,32)33)16-26(24)34-29(25)36/h4-11,14-18H,12-13H2,1-3H3,(H,34,36)/b25-15+. The van der Waals surface area contributed by atoms with Crippen LogP contribution in [-0.2, 0) is 17.5 Å². The SMILES string of the molecule is Cc1ccc(C(C)C)c(OCCn2cc(/C=C3/C(=O)Nc4cc(C(F)(F)F)ccc43)c3ccccc32)c1. The minimum Gasteiger partial charge on any atom is -0.491 e. The number of para-hydroxylation sites is 1.